The molecule has 0 saturated heterocycles. The molecule has 0 aliphatic carbocycles. The Morgan fingerprint density at radius 1 is 1.29 bits per heavy atom. The van der Waals surface area contributed by atoms with Crippen LogP contribution in [0.3, 0.4) is 0 Å². The van der Waals surface area contributed by atoms with E-state index < -0.39 is 40.5 Å². The Balaban J connectivity index is 1.59. The molecule has 1 heterocycles. The Kier molecular flexibility index (Phi) is 5.39. The van der Waals surface area contributed by atoms with E-state index in [1.807, 2.05) is 0 Å². The number of amides is 1. The van der Waals surface area contributed by atoms with Crippen LogP contribution in [0.2, 0.25) is 0 Å². The van der Waals surface area contributed by atoms with Crippen LogP contribution in [-0.2, 0) is 14.3 Å². The first-order valence-electron chi connectivity index (χ1n) is 8.19. The summed E-state index contributed by atoms with van der Waals surface area (Å²) < 4.78 is 29.3. The number of nitro groups is 1. The van der Waals surface area contributed by atoms with Gasteiger partial charge in [-0.25, -0.2) is 4.79 Å². The molecular weight excluding hydrogens is 375 g/mol. The molecule has 28 heavy (non-hydrogen) atoms. The molecule has 0 fully saturated rings. The highest BCUT2D eigenvalue weighted by molar-refractivity contribution is 5.95. The Morgan fingerprint density at radius 3 is 2.71 bits per heavy atom. The zero-order chi connectivity index (χ0) is 20.3. The van der Waals surface area contributed by atoms with Crippen molar-refractivity contribution in [2.45, 2.75) is 19.1 Å². The highest BCUT2D eigenvalue weighted by Crippen LogP contribution is 2.31. The number of carbonyl (C=O) groups is 2. The number of ether oxygens (including phenoxy) is 3. The fourth-order valence-electron chi connectivity index (χ4n) is 2.41. The summed E-state index contributed by atoms with van der Waals surface area (Å²) in [5.74, 6) is -1.70. The van der Waals surface area contributed by atoms with Gasteiger partial charge in [-0.2, -0.15) is 4.39 Å². The number of nitrogens with zero attached hydrogens (tertiary/aromatic N) is 1. The summed E-state index contributed by atoms with van der Waals surface area (Å²) in [6, 6.07) is 9.68. The Hall–Kier alpha value is -3.69. The smallest absolute Gasteiger partial charge is 0.351 e. The lowest BCUT2D eigenvalue weighted by Gasteiger charge is -2.25. The number of anilines is 1. The third-order valence-electron chi connectivity index (χ3n) is 3.84. The Bertz CT molecular complexity index is 934. The van der Waals surface area contributed by atoms with Crippen molar-refractivity contribution in [1.82, 2.24) is 0 Å². The number of nitro benzene ring substituents is 1. The minimum absolute atomic E-state index is 0.00724. The quantitative estimate of drug-likeness (QED) is 0.473. The van der Waals surface area contributed by atoms with Crippen molar-refractivity contribution in [3.05, 3.63) is 58.4 Å². The molecule has 2 aromatic rings. The molecule has 1 N–H and O–H groups in total. The number of benzene rings is 2. The van der Waals surface area contributed by atoms with Gasteiger partial charge in [0, 0.05) is 11.8 Å². The third-order valence-corrected chi connectivity index (χ3v) is 3.84. The van der Waals surface area contributed by atoms with Crippen LogP contribution in [0.15, 0.2) is 42.5 Å². The minimum Gasteiger partial charge on any atom is -0.485 e. The van der Waals surface area contributed by atoms with Gasteiger partial charge in [0.05, 0.1) is 4.92 Å². The van der Waals surface area contributed by atoms with E-state index in [-0.39, 0.29) is 12.3 Å². The van der Waals surface area contributed by atoms with Crippen molar-refractivity contribution < 1.29 is 33.1 Å². The van der Waals surface area contributed by atoms with Gasteiger partial charge >= 0.3 is 11.7 Å². The van der Waals surface area contributed by atoms with Crippen LogP contribution in [0.25, 0.3) is 0 Å². The molecule has 0 saturated carbocycles. The summed E-state index contributed by atoms with van der Waals surface area (Å²) in [6.07, 6.45) is -2.27. The number of rotatable bonds is 5. The summed E-state index contributed by atoms with van der Waals surface area (Å²) in [4.78, 5) is 34.2. The lowest BCUT2D eigenvalue weighted by molar-refractivity contribution is -0.387. The summed E-state index contributed by atoms with van der Waals surface area (Å²) >= 11 is 0. The maximum Gasteiger partial charge on any atom is 0.351 e. The highest BCUT2D eigenvalue weighted by Gasteiger charge is 2.31. The highest BCUT2D eigenvalue weighted by atomic mass is 19.1. The molecule has 0 unspecified atom stereocenters. The number of carbonyl (C=O) groups excluding carboxylic acids is 2. The number of hydrogen-bond donors (Lipinski definition) is 1. The van der Waals surface area contributed by atoms with E-state index in [0.717, 1.165) is 18.2 Å². The molecular formula is C18H15FN2O7. The fraction of sp³-hybridized carbons (Fsp3) is 0.222. The summed E-state index contributed by atoms with van der Waals surface area (Å²) in [7, 11) is 0. The molecule has 146 valence electrons. The van der Waals surface area contributed by atoms with Crippen molar-refractivity contribution in [1.29, 1.82) is 0 Å². The van der Waals surface area contributed by atoms with Gasteiger partial charge in [0.2, 0.25) is 11.9 Å². The SMILES string of the molecule is C[C@@H](OC(=O)[C@@H]1COc2ccccc2O1)C(=O)Nc1ccc(F)c([N+](=O)[O-])c1. The molecule has 3 rings (SSSR count). The van der Waals surface area contributed by atoms with Gasteiger partial charge < -0.3 is 19.5 Å². The predicted octanol–water partition coefficient (Wildman–Crippen LogP) is 2.44. The predicted molar refractivity (Wildman–Crippen MR) is 93.6 cm³/mol. The lowest BCUT2D eigenvalue weighted by Crippen LogP contribution is -2.41. The first-order valence-corrected chi connectivity index (χ1v) is 8.19. The second-order valence-electron chi connectivity index (χ2n) is 5.86. The fourth-order valence-corrected chi connectivity index (χ4v) is 2.41. The number of esters is 1. The average Bonchev–Trinajstić information content (AvgIpc) is 2.68. The molecule has 0 radical (unpaired) electrons. The molecule has 0 aromatic heterocycles. The molecule has 2 aromatic carbocycles. The van der Waals surface area contributed by atoms with E-state index in [2.05, 4.69) is 5.32 Å². The zero-order valence-electron chi connectivity index (χ0n) is 14.6. The number of fused-ring (bicyclic) bond motifs is 1. The van der Waals surface area contributed by atoms with E-state index >= 15 is 0 Å². The Morgan fingerprint density at radius 2 is 2.00 bits per heavy atom. The molecule has 1 aliphatic rings. The first-order chi connectivity index (χ1) is 13.3. The van der Waals surface area contributed by atoms with Gasteiger partial charge in [-0.1, -0.05) is 12.1 Å². The first kappa shape index (κ1) is 19.1. The van der Waals surface area contributed by atoms with E-state index in [0.29, 0.717) is 11.5 Å². The molecule has 1 aliphatic heterocycles. The van der Waals surface area contributed by atoms with Gasteiger partial charge in [0.1, 0.15) is 6.61 Å². The lowest BCUT2D eigenvalue weighted by atomic mass is 10.2. The maximum absolute atomic E-state index is 13.4. The molecule has 2 atom stereocenters. The summed E-state index contributed by atoms with van der Waals surface area (Å²) in [5.41, 5.74) is -0.791. The van der Waals surface area contributed by atoms with E-state index in [1.54, 1.807) is 24.3 Å². The standard InChI is InChI=1S/C18H15FN2O7/c1-10(17(22)20-11-6-7-12(19)13(8-11)21(24)25)27-18(23)16-9-26-14-4-2-3-5-15(14)28-16/h2-8,10,16H,9H2,1H3,(H,20,22)/t10-,16+/m1/s1. The third kappa shape index (κ3) is 4.17. The van der Waals surface area contributed by atoms with Crippen LogP contribution in [-0.4, -0.2) is 35.6 Å². The van der Waals surface area contributed by atoms with Crippen molar-refractivity contribution >= 4 is 23.3 Å². The van der Waals surface area contributed by atoms with Crippen LogP contribution in [0.1, 0.15) is 6.92 Å². The molecule has 1 amide bonds. The van der Waals surface area contributed by atoms with Crippen LogP contribution >= 0.6 is 0 Å². The second kappa shape index (κ2) is 7.91. The monoisotopic (exact) mass is 390 g/mol. The normalized spacial score (nSPS) is 16.0. The van der Waals surface area contributed by atoms with Crippen molar-refractivity contribution in [2.24, 2.45) is 0 Å². The van der Waals surface area contributed by atoms with Crippen molar-refractivity contribution in [3.63, 3.8) is 0 Å². The average molecular weight is 390 g/mol. The van der Waals surface area contributed by atoms with Crippen LogP contribution in [0, 0.1) is 15.9 Å². The van der Waals surface area contributed by atoms with E-state index in [4.69, 9.17) is 14.2 Å². The van der Waals surface area contributed by atoms with Crippen molar-refractivity contribution in [3.8, 4) is 11.5 Å². The number of hydrogen-bond acceptors (Lipinski definition) is 7. The number of halogens is 1. The molecule has 0 spiro atoms. The summed E-state index contributed by atoms with van der Waals surface area (Å²) in [5, 5.41) is 13.1. The minimum atomic E-state index is -1.22. The zero-order valence-corrected chi connectivity index (χ0v) is 14.6. The molecule has 9 nitrogen and oxygen atoms in total. The van der Waals surface area contributed by atoms with Crippen LogP contribution < -0.4 is 14.8 Å². The Labute approximate surface area is 158 Å². The number of nitrogens with one attached hydrogen (secondary N) is 1. The van der Waals surface area contributed by atoms with Crippen molar-refractivity contribution in [2.75, 3.05) is 11.9 Å². The molecule has 10 heteroatoms. The van der Waals surface area contributed by atoms with E-state index in [1.165, 1.54) is 6.92 Å². The van der Waals surface area contributed by atoms with Gasteiger partial charge in [-0.05, 0) is 31.2 Å². The van der Waals surface area contributed by atoms with E-state index in [9.17, 15) is 24.1 Å². The van der Waals surface area contributed by atoms with Crippen LogP contribution in [0.4, 0.5) is 15.8 Å². The van der Waals surface area contributed by atoms with Gasteiger partial charge in [-0.3, -0.25) is 14.9 Å². The molecule has 0 bridgehead atoms. The number of para-hydroxylation sites is 2. The maximum atomic E-state index is 13.4. The second-order valence-corrected chi connectivity index (χ2v) is 5.86. The van der Waals surface area contributed by atoms with Gasteiger partial charge in [0.25, 0.3) is 5.91 Å². The van der Waals surface area contributed by atoms with Gasteiger partial charge in [-0.15, -0.1) is 0 Å². The summed E-state index contributed by atoms with van der Waals surface area (Å²) in [6.45, 7) is 1.25. The largest absolute Gasteiger partial charge is 0.485 e. The topological polar surface area (TPSA) is 117 Å². The van der Waals surface area contributed by atoms with Crippen LogP contribution in [0.5, 0.6) is 11.5 Å². The van der Waals surface area contributed by atoms with Gasteiger partial charge in [0.15, 0.2) is 17.6 Å².